The Hall–Kier alpha value is 0.107. The van der Waals surface area contributed by atoms with Gasteiger partial charge in [0.2, 0.25) is 0 Å². The van der Waals surface area contributed by atoms with Crippen molar-refractivity contribution in [2.45, 2.75) is 60.4 Å². The van der Waals surface area contributed by atoms with Crippen molar-refractivity contribution < 1.29 is 13.6 Å². The zero-order valence-corrected chi connectivity index (χ0v) is 15.5. The van der Waals surface area contributed by atoms with Gasteiger partial charge in [0.05, 0.1) is 20.8 Å². The molecule has 112 valence electrons. The monoisotopic (exact) mass is 304 g/mol. The maximum absolute atomic E-state index is 13.1. The molecule has 5 heteroatoms. The van der Waals surface area contributed by atoms with Crippen molar-refractivity contribution in [1.82, 2.24) is 0 Å². The zero-order valence-electron chi connectivity index (χ0n) is 13.6. The lowest BCUT2D eigenvalue weighted by molar-refractivity contribution is 0.0415. The number of hydrogen-bond acceptors (Lipinski definition) is 3. The average molecular weight is 304 g/mol. The van der Waals surface area contributed by atoms with Gasteiger partial charge >= 0.3 is 7.60 Å². The first-order valence-corrected chi connectivity index (χ1v) is 12.1. The first-order valence-electron chi connectivity index (χ1n) is 7.11. The van der Waals surface area contributed by atoms with Crippen LogP contribution in [-0.2, 0) is 13.6 Å². The lowest BCUT2D eigenvalue weighted by Crippen LogP contribution is -2.41. The van der Waals surface area contributed by atoms with E-state index in [0.29, 0.717) is 12.5 Å². The normalized spacial score (nSPS) is 31.4. The van der Waals surface area contributed by atoms with Crippen LogP contribution in [0.3, 0.4) is 0 Å². The Morgan fingerprint density at radius 3 is 2.32 bits per heavy atom. The van der Waals surface area contributed by atoms with Crippen molar-refractivity contribution in [2.75, 3.05) is 6.61 Å². The van der Waals surface area contributed by atoms with E-state index in [1.54, 1.807) is 0 Å². The minimum Gasteiger partial charge on any atom is -0.306 e. The summed E-state index contributed by atoms with van der Waals surface area (Å²) in [6.45, 7) is 17.4. The Balaban J connectivity index is 3.36. The molecular formula is C14H29O3PSi. The number of rotatable bonds is 4. The Morgan fingerprint density at radius 1 is 1.42 bits per heavy atom. The van der Waals surface area contributed by atoms with Crippen molar-refractivity contribution in [2.24, 2.45) is 11.3 Å². The minimum atomic E-state index is -3.11. The molecule has 3 nitrogen and oxygen atoms in total. The third-order valence-corrected chi connectivity index (χ3v) is 9.80. The molecule has 0 aromatic rings. The Labute approximate surface area is 119 Å². The van der Waals surface area contributed by atoms with Crippen molar-refractivity contribution in [3.63, 3.8) is 0 Å². The molecule has 0 aromatic carbocycles. The fourth-order valence-corrected chi connectivity index (χ4v) is 9.14. The first kappa shape index (κ1) is 17.2. The van der Waals surface area contributed by atoms with E-state index in [0.717, 1.165) is 4.94 Å². The van der Waals surface area contributed by atoms with Crippen molar-refractivity contribution in [3.05, 3.63) is 11.0 Å². The van der Waals surface area contributed by atoms with E-state index in [-0.39, 0.29) is 11.5 Å². The topological polar surface area (TPSA) is 35.5 Å². The summed E-state index contributed by atoms with van der Waals surface area (Å²) in [6, 6.07) is 0. The van der Waals surface area contributed by atoms with Gasteiger partial charge in [-0.05, 0) is 12.8 Å². The van der Waals surface area contributed by atoms with Crippen LogP contribution in [0.5, 0.6) is 0 Å². The predicted octanol–water partition coefficient (Wildman–Crippen LogP) is 5.06. The summed E-state index contributed by atoms with van der Waals surface area (Å²) >= 11 is 0. The van der Waals surface area contributed by atoms with Gasteiger partial charge in [-0.25, -0.2) is 0 Å². The highest BCUT2D eigenvalue weighted by molar-refractivity contribution is 7.62. The molecule has 1 heterocycles. The van der Waals surface area contributed by atoms with E-state index < -0.39 is 15.7 Å². The van der Waals surface area contributed by atoms with Crippen LogP contribution in [0.1, 0.15) is 34.6 Å². The highest BCUT2D eigenvalue weighted by Crippen LogP contribution is 2.65. The van der Waals surface area contributed by atoms with Crippen LogP contribution in [0.25, 0.3) is 0 Å². The fourth-order valence-electron chi connectivity index (χ4n) is 2.73. The van der Waals surface area contributed by atoms with E-state index in [1.807, 2.05) is 6.92 Å². The summed E-state index contributed by atoms with van der Waals surface area (Å²) in [5, 5.41) is 0. The van der Waals surface area contributed by atoms with E-state index in [9.17, 15) is 4.57 Å². The standard InChI is InChI=1S/C14H29O3PSi/c1-9-16-18(15)12(19(6,7)8)10-14(4,5)13(17-18)11(2)3/h10-11,13H,9H2,1-8H3/t13-,18?/m1/s1. The van der Waals surface area contributed by atoms with Crippen LogP contribution in [0.2, 0.25) is 19.6 Å². The molecule has 1 aliphatic rings. The molecule has 0 bridgehead atoms. The van der Waals surface area contributed by atoms with Gasteiger partial charge in [0.15, 0.2) is 0 Å². The molecule has 0 N–H and O–H groups in total. The van der Waals surface area contributed by atoms with Crippen molar-refractivity contribution in [3.8, 4) is 0 Å². The van der Waals surface area contributed by atoms with Crippen LogP contribution in [0.15, 0.2) is 11.0 Å². The van der Waals surface area contributed by atoms with Crippen molar-refractivity contribution >= 4 is 15.7 Å². The van der Waals surface area contributed by atoms with E-state index in [2.05, 4.69) is 53.4 Å². The molecule has 2 atom stereocenters. The smallest absolute Gasteiger partial charge is 0.306 e. The summed E-state index contributed by atoms with van der Waals surface area (Å²) < 4.78 is 24.7. The Morgan fingerprint density at radius 2 is 1.95 bits per heavy atom. The van der Waals surface area contributed by atoms with Crippen LogP contribution in [0.4, 0.5) is 0 Å². The summed E-state index contributed by atoms with van der Waals surface area (Å²) in [6.07, 6.45) is 2.12. The second kappa shape index (κ2) is 5.48. The third kappa shape index (κ3) is 3.60. The predicted molar refractivity (Wildman–Crippen MR) is 84.2 cm³/mol. The third-order valence-electron chi connectivity index (χ3n) is 3.46. The van der Waals surface area contributed by atoms with E-state index in [4.69, 9.17) is 9.05 Å². The molecule has 1 unspecified atom stereocenters. The highest BCUT2D eigenvalue weighted by Gasteiger charge is 2.49. The van der Waals surface area contributed by atoms with Gasteiger partial charge in [-0.2, -0.15) is 0 Å². The molecule has 0 radical (unpaired) electrons. The lowest BCUT2D eigenvalue weighted by atomic mass is 9.81. The second-order valence-electron chi connectivity index (χ2n) is 7.29. The van der Waals surface area contributed by atoms with Gasteiger partial charge in [0, 0.05) is 10.4 Å². The van der Waals surface area contributed by atoms with E-state index >= 15 is 0 Å². The second-order valence-corrected chi connectivity index (χ2v) is 14.7. The van der Waals surface area contributed by atoms with Gasteiger partial charge in [-0.3, -0.25) is 4.57 Å². The zero-order chi connectivity index (χ0) is 15.1. The molecule has 1 rings (SSSR count). The summed E-state index contributed by atoms with van der Waals surface area (Å²) in [5.41, 5.74) is -0.102. The molecule has 0 aromatic heterocycles. The molecule has 0 saturated heterocycles. The molecule has 1 aliphatic heterocycles. The number of hydrogen-bond donors (Lipinski definition) is 0. The van der Waals surface area contributed by atoms with Gasteiger partial charge in [0.1, 0.15) is 0 Å². The molecular weight excluding hydrogens is 275 g/mol. The Bertz CT molecular complexity index is 407. The van der Waals surface area contributed by atoms with Crippen molar-refractivity contribution in [1.29, 1.82) is 0 Å². The SMILES string of the molecule is CCOP1(=O)O[C@H](C(C)C)C(C)(C)C=C1[Si](C)(C)C. The summed E-state index contributed by atoms with van der Waals surface area (Å²) in [4.78, 5) is 0.948. The Kier molecular flexibility index (Phi) is 4.95. The van der Waals surface area contributed by atoms with Crippen LogP contribution in [0, 0.1) is 11.3 Å². The van der Waals surface area contributed by atoms with Gasteiger partial charge in [-0.15, -0.1) is 0 Å². The maximum atomic E-state index is 13.1. The van der Waals surface area contributed by atoms with Crippen LogP contribution in [-0.4, -0.2) is 20.8 Å². The summed E-state index contributed by atoms with van der Waals surface area (Å²) in [5.74, 6) is 0.309. The molecule has 19 heavy (non-hydrogen) atoms. The fraction of sp³-hybridized carbons (Fsp3) is 0.857. The molecule has 0 aliphatic carbocycles. The van der Waals surface area contributed by atoms with Gasteiger partial charge < -0.3 is 9.05 Å². The van der Waals surface area contributed by atoms with E-state index in [1.165, 1.54) is 0 Å². The largest absolute Gasteiger partial charge is 0.353 e. The average Bonchev–Trinajstić information content (AvgIpc) is 2.20. The van der Waals surface area contributed by atoms with Crippen LogP contribution >= 0.6 is 7.60 Å². The first-order chi connectivity index (χ1) is 8.44. The minimum absolute atomic E-state index is 0.0648. The van der Waals surface area contributed by atoms with Gasteiger partial charge in [-0.1, -0.05) is 53.4 Å². The molecule has 0 saturated carbocycles. The lowest BCUT2D eigenvalue weighted by Gasteiger charge is -2.44. The van der Waals surface area contributed by atoms with Gasteiger partial charge in [0.25, 0.3) is 0 Å². The molecule has 0 amide bonds. The molecule has 0 spiro atoms. The summed E-state index contributed by atoms with van der Waals surface area (Å²) in [7, 11) is -4.85. The quantitative estimate of drug-likeness (QED) is 0.538. The maximum Gasteiger partial charge on any atom is 0.353 e. The van der Waals surface area contributed by atoms with Crippen LogP contribution < -0.4 is 0 Å². The highest BCUT2D eigenvalue weighted by atomic mass is 31.2. The molecule has 0 fully saturated rings.